The van der Waals surface area contributed by atoms with Gasteiger partial charge in [-0.3, -0.25) is 0 Å². The summed E-state index contributed by atoms with van der Waals surface area (Å²) in [6, 6.07) is 14.6. The molecule has 4 nitrogen and oxygen atoms in total. The van der Waals surface area contributed by atoms with Gasteiger partial charge in [-0.25, -0.2) is 14.4 Å². The second kappa shape index (κ2) is 7.40. The van der Waals surface area contributed by atoms with Gasteiger partial charge in [0.25, 0.3) is 0 Å². The van der Waals surface area contributed by atoms with E-state index in [0.29, 0.717) is 29.2 Å². The third-order valence-electron chi connectivity index (χ3n) is 3.94. The molecule has 1 heterocycles. The van der Waals surface area contributed by atoms with Crippen LogP contribution in [0.4, 0.5) is 4.39 Å². The van der Waals surface area contributed by atoms with E-state index in [1.807, 2.05) is 36.4 Å². The highest BCUT2D eigenvalue weighted by atomic mass is 19.1. The fraction of sp³-hybridized carbons (Fsp3) is 0.200. The van der Waals surface area contributed by atoms with Gasteiger partial charge < -0.3 is 9.84 Å². The van der Waals surface area contributed by atoms with Crippen molar-refractivity contribution in [3.05, 3.63) is 77.1 Å². The molecule has 1 N–H and O–H groups in total. The largest absolute Gasteiger partial charge is 0.504 e. The molecule has 0 amide bonds. The Balaban J connectivity index is 1.88. The summed E-state index contributed by atoms with van der Waals surface area (Å²) in [5, 5.41) is 9.96. The molecule has 128 valence electrons. The lowest BCUT2D eigenvalue weighted by Gasteiger charge is -2.10. The Morgan fingerprint density at radius 2 is 1.84 bits per heavy atom. The summed E-state index contributed by atoms with van der Waals surface area (Å²) in [5.41, 5.74) is 3.09. The van der Waals surface area contributed by atoms with Gasteiger partial charge in [0.15, 0.2) is 5.75 Å². The Kier molecular flexibility index (Phi) is 5.05. The lowest BCUT2D eigenvalue weighted by Crippen LogP contribution is -2.04. The highest BCUT2D eigenvalue weighted by Gasteiger charge is 2.12. The van der Waals surface area contributed by atoms with Crippen LogP contribution in [0.25, 0.3) is 11.1 Å². The van der Waals surface area contributed by atoms with E-state index in [-0.39, 0.29) is 18.2 Å². The van der Waals surface area contributed by atoms with Gasteiger partial charge in [0.1, 0.15) is 17.3 Å². The number of hydrogen-bond donors (Lipinski definition) is 1. The van der Waals surface area contributed by atoms with Crippen LogP contribution in [0.3, 0.4) is 0 Å². The van der Waals surface area contributed by atoms with E-state index >= 15 is 0 Å². The SMILES string of the molecule is COCc1nc(Cc2ccc(-c3ccccc3)c(F)c2)nc(C)c1O. The summed E-state index contributed by atoms with van der Waals surface area (Å²) in [5.74, 6) is 0.279. The quantitative estimate of drug-likeness (QED) is 0.763. The number of nitrogens with zero attached hydrogens (tertiary/aromatic N) is 2. The molecule has 0 aliphatic carbocycles. The molecule has 3 rings (SSSR count). The van der Waals surface area contributed by atoms with Crippen LogP contribution in [0, 0.1) is 12.7 Å². The van der Waals surface area contributed by atoms with Crippen LogP contribution < -0.4 is 0 Å². The predicted octanol–water partition coefficient (Wildman–Crippen LogP) is 4.03. The summed E-state index contributed by atoms with van der Waals surface area (Å²) in [6.45, 7) is 1.91. The van der Waals surface area contributed by atoms with Crippen molar-refractivity contribution in [2.24, 2.45) is 0 Å². The first kappa shape index (κ1) is 17.0. The zero-order valence-electron chi connectivity index (χ0n) is 14.2. The standard InChI is InChI=1S/C20H19FN2O2/c1-13-20(24)18(12-25-2)23-19(22-13)11-14-8-9-16(17(21)10-14)15-6-4-3-5-7-15/h3-10,24H,11-12H2,1-2H3. The van der Waals surface area contributed by atoms with Crippen LogP contribution in [0.5, 0.6) is 5.75 Å². The Morgan fingerprint density at radius 3 is 2.52 bits per heavy atom. The summed E-state index contributed by atoms with van der Waals surface area (Å²) in [7, 11) is 1.54. The van der Waals surface area contributed by atoms with Crippen LogP contribution in [-0.2, 0) is 17.8 Å². The Hall–Kier alpha value is -2.79. The molecule has 0 radical (unpaired) electrons. The number of ether oxygens (including phenoxy) is 1. The van der Waals surface area contributed by atoms with Gasteiger partial charge in [0.2, 0.25) is 0 Å². The molecular weight excluding hydrogens is 319 g/mol. The molecule has 0 unspecified atom stereocenters. The number of rotatable bonds is 5. The van der Waals surface area contributed by atoms with Crippen molar-refractivity contribution in [3.63, 3.8) is 0 Å². The van der Waals surface area contributed by atoms with Gasteiger partial charge in [-0.2, -0.15) is 0 Å². The summed E-state index contributed by atoms with van der Waals surface area (Å²) >= 11 is 0. The highest BCUT2D eigenvalue weighted by molar-refractivity contribution is 5.64. The summed E-state index contributed by atoms with van der Waals surface area (Å²) in [6.07, 6.45) is 0.379. The fourth-order valence-corrected chi connectivity index (χ4v) is 2.71. The first-order chi connectivity index (χ1) is 12.1. The number of benzene rings is 2. The number of methoxy groups -OCH3 is 1. The molecule has 0 saturated heterocycles. The van der Waals surface area contributed by atoms with E-state index in [4.69, 9.17) is 4.74 Å². The molecule has 5 heteroatoms. The summed E-state index contributed by atoms with van der Waals surface area (Å²) < 4.78 is 19.5. The van der Waals surface area contributed by atoms with Crippen molar-refractivity contribution in [1.82, 2.24) is 9.97 Å². The number of halogens is 1. The van der Waals surface area contributed by atoms with Crippen LogP contribution in [0.1, 0.15) is 22.8 Å². The zero-order chi connectivity index (χ0) is 17.8. The van der Waals surface area contributed by atoms with Crippen LogP contribution in [0.15, 0.2) is 48.5 Å². The van der Waals surface area contributed by atoms with Gasteiger partial charge >= 0.3 is 0 Å². The van der Waals surface area contributed by atoms with Crippen molar-refractivity contribution in [3.8, 4) is 16.9 Å². The average Bonchev–Trinajstić information content (AvgIpc) is 2.60. The van der Waals surface area contributed by atoms with Crippen molar-refractivity contribution in [2.75, 3.05) is 7.11 Å². The number of hydrogen-bond acceptors (Lipinski definition) is 4. The first-order valence-electron chi connectivity index (χ1n) is 7.96. The number of aromatic hydroxyl groups is 1. The third kappa shape index (κ3) is 3.83. The van der Waals surface area contributed by atoms with E-state index < -0.39 is 0 Å². The van der Waals surface area contributed by atoms with Gasteiger partial charge in [-0.15, -0.1) is 0 Å². The lowest BCUT2D eigenvalue weighted by molar-refractivity contribution is 0.177. The van der Waals surface area contributed by atoms with Crippen LogP contribution in [-0.4, -0.2) is 22.2 Å². The topological polar surface area (TPSA) is 55.2 Å². The first-order valence-corrected chi connectivity index (χ1v) is 7.96. The molecule has 0 spiro atoms. The molecule has 0 aliphatic heterocycles. The molecule has 0 bridgehead atoms. The number of aromatic nitrogens is 2. The Morgan fingerprint density at radius 1 is 1.08 bits per heavy atom. The van der Waals surface area contributed by atoms with E-state index in [1.165, 1.54) is 13.2 Å². The van der Waals surface area contributed by atoms with E-state index in [0.717, 1.165) is 11.1 Å². The van der Waals surface area contributed by atoms with Gasteiger partial charge in [-0.1, -0.05) is 42.5 Å². The maximum absolute atomic E-state index is 14.5. The molecule has 2 aromatic carbocycles. The molecule has 3 aromatic rings. The van der Waals surface area contributed by atoms with E-state index in [9.17, 15) is 9.50 Å². The molecular formula is C20H19FN2O2. The maximum Gasteiger partial charge on any atom is 0.160 e. The van der Waals surface area contributed by atoms with Crippen molar-refractivity contribution in [1.29, 1.82) is 0 Å². The van der Waals surface area contributed by atoms with E-state index in [1.54, 1.807) is 13.0 Å². The highest BCUT2D eigenvalue weighted by Crippen LogP contribution is 2.25. The van der Waals surface area contributed by atoms with Crippen LogP contribution in [0.2, 0.25) is 0 Å². The average molecular weight is 338 g/mol. The predicted molar refractivity (Wildman–Crippen MR) is 93.8 cm³/mol. The smallest absolute Gasteiger partial charge is 0.160 e. The molecule has 1 aromatic heterocycles. The van der Waals surface area contributed by atoms with Crippen molar-refractivity contribution >= 4 is 0 Å². The van der Waals surface area contributed by atoms with Crippen LogP contribution >= 0.6 is 0 Å². The monoisotopic (exact) mass is 338 g/mol. The van der Waals surface area contributed by atoms with Crippen molar-refractivity contribution in [2.45, 2.75) is 20.0 Å². The minimum atomic E-state index is -0.281. The van der Waals surface area contributed by atoms with Gasteiger partial charge in [0, 0.05) is 19.1 Å². The second-order valence-electron chi connectivity index (χ2n) is 5.81. The molecule has 0 saturated carbocycles. The molecule has 25 heavy (non-hydrogen) atoms. The Labute approximate surface area is 146 Å². The normalized spacial score (nSPS) is 10.8. The van der Waals surface area contributed by atoms with Gasteiger partial charge in [-0.05, 0) is 24.1 Å². The number of aryl methyl sites for hydroxylation is 1. The molecule has 0 fully saturated rings. The van der Waals surface area contributed by atoms with Crippen molar-refractivity contribution < 1.29 is 14.2 Å². The second-order valence-corrected chi connectivity index (χ2v) is 5.81. The maximum atomic E-state index is 14.5. The Bertz CT molecular complexity index is 882. The van der Waals surface area contributed by atoms with E-state index in [2.05, 4.69) is 9.97 Å². The minimum Gasteiger partial charge on any atom is -0.504 e. The lowest BCUT2D eigenvalue weighted by atomic mass is 10.0. The fourth-order valence-electron chi connectivity index (χ4n) is 2.71. The molecule has 0 atom stereocenters. The summed E-state index contributed by atoms with van der Waals surface area (Å²) in [4.78, 5) is 8.60. The zero-order valence-corrected chi connectivity index (χ0v) is 14.2. The third-order valence-corrected chi connectivity index (χ3v) is 3.94. The molecule has 0 aliphatic rings. The van der Waals surface area contributed by atoms with Gasteiger partial charge in [0.05, 0.1) is 12.3 Å². The minimum absolute atomic E-state index is 0.0382.